The monoisotopic (exact) mass is 406 g/mol. The number of hydrogen-bond acceptors (Lipinski definition) is 6. The Hall–Kier alpha value is -3.07. The number of anilines is 3. The van der Waals surface area contributed by atoms with E-state index in [2.05, 4.69) is 0 Å². The summed E-state index contributed by atoms with van der Waals surface area (Å²) in [5.74, 6) is -1.83. The Bertz CT molecular complexity index is 938. The van der Waals surface area contributed by atoms with Gasteiger partial charge in [-0.3, -0.25) is 4.79 Å². The lowest BCUT2D eigenvalue weighted by Crippen LogP contribution is -2.43. The number of halogens is 2. The Labute approximate surface area is 167 Å². The van der Waals surface area contributed by atoms with Crippen LogP contribution < -0.4 is 25.8 Å². The SMILES string of the molecule is COc1cc(C(=O)N(c2cc(OC)c(N)cc2F)C2CCN(C)C2)c(F)cc1N. The molecule has 0 bridgehead atoms. The van der Waals surface area contributed by atoms with Gasteiger partial charge in [0.25, 0.3) is 5.91 Å². The summed E-state index contributed by atoms with van der Waals surface area (Å²) in [7, 11) is 4.66. The van der Waals surface area contributed by atoms with Crippen molar-refractivity contribution in [2.45, 2.75) is 12.5 Å². The van der Waals surface area contributed by atoms with Crippen LogP contribution in [-0.2, 0) is 0 Å². The lowest BCUT2D eigenvalue weighted by atomic mass is 10.1. The van der Waals surface area contributed by atoms with Gasteiger partial charge < -0.3 is 30.7 Å². The number of nitrogens with two attached hydrogens (primary N) is 2. The molecule has 0 aliphatic carbocycles. The zero-order chi connectivity index (χ0) is 21.3. The molecule has 1 heterocycles. The molecule has 1 fully saturated rings. The first-order chi connectivity index (χ1) is 13.8. The molecular formula is C20H24F2N4O3. The lowest BCUT2D eigenvalue weighted by molar-refractivity contribution is 0.0972. The zero-order valence-corrected chi connectivity index (χ0v) is 16.5. The second-order valence-electron chi connectivity index (χ2n) is 7.00. The molecule has 2 aromatic rings. The third-order valence-electron chi connectivity index (χ3n) is 5.06. The van der Waals surface area contributed by atoms with Crippen LogP contribution in [-0.4, -0.2) is 51.2 Å². The van der Waals surface area contributed by atoms with Gasteiger partial charge in [0.15, 0.2) is 0 Å². The van der Waals surface area contributed by atoms with Gasteiger partial charge in [-0.2, -0.15) is 0 Å². The first kappa shape index (κ1) is 20.7. The molecule has 0 radical (unpaired) electrons. The van der Waals surface area contributed by atoms with Crippen molar-refractivity contribution >= 4 is 23.0 Å². The maximum Gasteiger partial charge on any atom is 0.261 e. The summed E-state index contributed by atoms with van der Waals surface area (Å²) in [6.45, 7) is 1.22. The van der Waals surface area contributed by atoms with Crippen LogP contribution in [0.15, 0.2) is 24.3 Å². The molecule has 3 rings (SSSR count). The van der Waals surface area contributed by atoms with Crippen molar-refractivity contribution in [1.29, 1.82) is 0 Å². The van der Waals surface area contributed by atoms with Crippen LogP contribution in [0.25, 0.3) is 0 Å². The second-order valence-corrected chi connectivity index (χ2v) is 7.00. The van der Waals surface area contributed by atoms with Gasteiger partial charge in [0, 0.05) is 24.7 Å². The van der Waals surface area contributed by atoms with Gasteiger partial charge in [0.1, 0.15) is 23.1 Å². The molecule has 29 heavy (non-hydrogen) atoms. The molecule has 7 nitrogen and oxygen atoms in total. The highest BCUT2D eigenvalue weighted by Gasteiger charge is 2.34. The van der Waals surface area contributed by atoms with Crippen molar-refractivity contribution in [3.05, 3.63) is 41.5 Å². The summed E-state index contributed by atoms with van der Waals surface area (Å²) >= 11 is 0. The van der Waals surface area contributed by atoms with Gasteiger partial charge in [0.05, 0.1) is 42.9 Å². The number of ether oxygens (including phenoxy) is 2. The Morgan fingerprint density at radius 3 is 2.21 bits per heavy atom. The molecule has 156 valence electrons. The van der Waals surface area contributed by atoms with Crippen LogP contribution in [0.5, 0.6) is 11.5 Å². The number of amides is 1. The average molecular weight is 406 g/mol. The number of hydrogen-bond donors (Lipinski definition) is 2. The van der Waals surface area contributed by atoms with Crippen LogP contribution in [0, 0.1) is 11.6 Å². The number of rotatable bonds is 5. The summed E-state index contributed by atoms with van der Waals surface area (Å²) in [4.78, 5) is 16.7. The Morgan fingerprint density at radius 1 is 1.07 bits per heavy atom. The molecule has 0 aromatic heterocycles. The first-order valence-electron chi connectivity index (χ1n) is 9.05. The van der Waals surface area contributed by atoms with Gasteiger partial charge in [-0.25, -0.2) is 8.78 Å². The van der Waals surface area contributed by atoms with Crippen LogP contribution in [0.1, 0.15) is 16.8 Å². The fraction of sp³-hybridized carbons (Fsp3) is 0.350. The number of nitrogen functional groups attached to an aromatic ring is 2. The third kappa shape index (κ3) is 3.91. The molecule has 1 amide bonds. The van der Waals surface area contributed by atoms with E-state index in [1.807, 2.05) is 11.9 Å². The van der Waals surface area contributed by atoms with Crippen molar-refractivity contribution < 1.29 is 23.0 Å². The summed E-state index contributed by atoms with van der Waals surface area (Å²) in [5.41, 5.74) is 11.4. The summed E-state index contributed by atoms with van der Waals surface area (Å²) < 4.78 is 39.8. The van der Waals surface area contributed by atoms with Crippen molar-refractivity contribution in [1.82, 2.24) is 4.90 Å². The Balaban J connectivity index is 2.14. The summed E-state index contributed by atoms with van der Waals surface area (Å²) in [5, 5.41) is 0. The van der Waals surface area contributed by atoms with Gasteiger partial charge in [-0.15, -0.1) is 0 Å². The predicted octanol–water partition coefficient (Wildman–Crippen LogP) is 2.50. The number of likely N-dealkylation sites (tertiary alicyclic amines) is 1. The van der Waals surface area contributed by atoms with Crippen molar-refractivity contribution in [3.8, 4) is 11.5 Å². The highest BCUT2D eigenvalue weighted by molar-refractivity contribution is 6.07. The van der Waals surface area contributed by atoms with E-state index in [1.165, 1.54) is 31.3 Å². The topological polar surface area (TPSA) is 94.0 Å². The molecule has 0 spiro atoms. The largest absolute Gasteiger partial charge is 0.495 e. The molecular weight excluding hydrogens is 382 g/mol. The van der Waals surface area contributed by atoms with E-state index in [0.29, 0.717) is 13.0 Å². The zero-order valence-electron chi connectivity index (χ0n) is 16.5. The predicted molar refractivity (Wildman–Crippen MR) is 107 cm³/mol. The van der Waals surface area contributed by atoms with Gasteiger partial charge in [-0.05, 0) is 26.1 Å². The summed E-state index contributed by atoms with van der Waals surface area (Å²) in [6.07, 6.45) is 0.599. The van der Waals surface area contributed by atoms with Gasteiger partial charge >= 0.3 is 0 Å². The lowest BCUT2D eigenvalue weighted by Gasteiger charge is -2.30. The van der Waals surface area contributed by atoms with E-state index in [1.54, 1.807) is 0 Å². The van der Waals surface area contributed by atoms with E-state index >= 15 is 0 Å². The van der Waals surface area contributed by atoms with Crippen molar-refractivity contribution in [2.24, 2.45) is 0 Å². The fourth-order valence-corrected chi connectivity index (χ4v) is 3.55. The van der Waals surface area contributed by atoms with E-state index in [4.69, 9.17) is 20.9 Å². The van der Waals surface area contributed by atoms with E-state index in [-0.39, 0.29) is 40.2 Å². The van der Waals surface area contributed by atoms with E-state index in [9.17, 15) is 13.6 Å². The second kappa shape index (κ2) is 8.12. The molecule has 1 aliphatic heterocycles. The fourth-order valence-electron chi connectivity index (χ4n) is 3.55. The first-order valence-corrected chi connectivity index (χ1v) is 9.05. The van der Waals surface area contributed by atoms with E-state index in [0.717, 1.165) is 18.7 Å². The minimum absolute atomic E-state index is 0.0310. The van der Waals surface area contributed by atoms with Crippen LogP contribution >= 0.6 is 0 Å². The summed E-state index contributed by atoms with van der Waals surface area (Å²) in [6, 6.07) is 4.33. The van der Waals surface area contributed by atoms with Crippen LogP contribution in [0.3, 0.4) is 0 Å². The molecule has 9 heteroatoms. The van der Waals surface area contributed by atoms with Gasteiger partial charge in [0.2, 0.25) is 0 Å². The minimum Gasteiger partial charge on any atom is -0.495 e. The highest BCUT2D eigenvalue weighted by atomic mass is 19.1. The molecule has 1 aliphatic rings. The maximum absolute atomic E-state index is 14.9. The number of nitrogens with zero attached hydrogens (tertiary/aromatic N) is 2. The number of carbonyl (C=O) groups excluding carboxylic acids is 1. The van der Waals surface area contributed by atoms with Gasteiger partial charge in [-0.1, -0.05) is 0 Å². The molecule has 0 saturated carbocycles. The van der Waals surface area contributed by atoms with Crippen LogP contribution in [0.2, 0.25) is 0 Å². The standard InChI is InChI=1S/C20H24F2N4O3/c1-25-5-4-11(10-25)26(17-9-19(29-3)16(24)8-14(17)22)20(27)12-6-18(28-2)15(23)7-13(12)21/h6-9,11H,4-5,10,23-24H2,1-3H3. The minimum atomic E-state index is -0.813. The molecule has 2 aromatic carbocycles. The number of benzene rings is 2. The molecule has 1 unspecified atom stereocenters. The number of likely N-dealkylation sites (N-methyl/N-ethyl adjacent to an activating group) is 1. The van der Waals surface area contributed by atoms with Crippen molar-refractivity contribution in [2.75, 3.05) is 50.7 Å². The molecule has 1 saturated heterocycles. The molecule has 4 N–H and O–H groups in total. The number of carbonyl (C=O) groups is 1. The Kier molecular flexibility index (Phi) is 5.78. The normalized spacial score (nSPS) is 16.7. The third-order valence-corrected chi connectivity index (χ3v) is 5.06. The maximum atomic E-state index is 14.9. The molecule has 1 atom stereocenters. The van der Waals surface area contributed by atoms with Crippen molar-refractivity contribution in [3.63, 3.8) is 0 Å². The average Bonchev–Trinajstić information content (AvgIpc) is 3.09. The van der Waals surface area contributed by atoms with E-state index < -0.39 is 17.5 Å². The smallest absolute Gasteiger partial charge is 0.261 e. The number of methoxy groups -OCH3 is 2. The quantitative estimate of drug-likeness (QED) is 0.741. The van der Waals surface area contributed by atoms with Crippen LogP contribution in [0.4, 0.5) is 25.8 Å². The highest BCUT2D eigenvalue weighted by Crippen LogP contribution is 2.35. The Morgan fingerprint density at radius 2 is 1.66 bits per heavy atom.